The zero-order valence-electron chi connectivity index (χ0n) is 20.4. The number of nitrogens with one attached hydrogen (secondary N) is 1. The third-order valence-corrected chi connectivity index (χ3v) is 6.88. The van der Waals surface area contributed by atoms with Crippen LogP contribution in [0.4, 0.5) is 5.69 Å². The number of ether oxygens (including phenoxy) is 1. The van der Waals surface area contributed by atoms with E-state index in [1.165, 1.54) is 30.2 Å². The van der Waals surface area contributed by atoms with Crippen molar-refractivity contribution in [2.24, 2.45) is 5.92 Å². The van der Waals surface area contributed by atoms with E-state index in [0.29, 0.717) is 17.9 Å². The molecule has 192 valence electrons. The number of rotatable bonds is 11. The Morgan fingerprint density at radius 2 is 1.77 bits per heavy atom. The Hall–Kier alpha value is -2.49. The highest BCUT2D eigenvalue weighted by Gasteiger charge is 2.31. The van der Waals surface area contributed by atoms with Crippen LogP contribution in [0.15, 0.2) is 42.5 Å². The molecule has 2 aromatic carbocycles. The molecule has 2 aromatic rings. The monoisotopic (exact) mass is 543 g/mol. The first-order valence-corrected chi connectivity index (χ1v) is 13.6. The van der Waals surface area contributed by atoms with Crippen molar-refractivity contribution in [3.05, 3.63) is 58.1 Å². The molecule has 0 aromatic heterocycles. The van der Waals surface area contributed by atoms with Gasteiger partial charge < -0.3 is 15.0 Å². The van der Waals surface area contributed by atoms with Crippen molar-refractivity contribution in [3.8, 4) is 5.75 Å². The molecule has 0 spiro atoms. The first-order chi connectivity index (χ1) is 16.3. The van der Waals surface area contributed by atoms with Gasteiger partial charge in [-0.1, -0.05) is 49.2 Å². The van der Waals surface area contributed by atoms with Gasteiger partial charge in [0, 0.05) is 18.1 Å². The number of amides is 2. The molecule has 35 heavy (non-hydrogen) atoms. The maximum Gasteiger partial charge on any atom is 0.244 e. The third kappa shape index (κ3) is 8.30. The standard InChI is InChI=1S/C24H31Cl2N3O5S/c1-16(2)13-27-24(31)17(3)28(14-18-7-6-8-20(11-18)34-4)23(30)15-29(35(5,32)33)22-12-19(25)9-10-21(22)26/h6-12,16-17H,13-15H2,1-5H3,(H,27,31)/t17-/m1/s1. The van der Waals surface area contributed by atoms with Gasteiger partial charge in [-0.2, -0.15) is 0 Å². The molecule has 0 aliphatic heterocycles. The summed E-state index contributed by atoms with van der Waals surface area (Å²) >= 11 is 12.3. The predicted molar refractivity (Wildman–Crippen MR) is 140 cm³/mol. The van der Waals surface area contributed by atoms with Crippen LogP contribution in [0.5, 0.6) is 5.75 Å². The number of benzene rings is 2. The van der Waals surface area contributed by atoms with E-state index in [1.54, 1.807) is 31.2 Å². The van der Waals surface area contributed by atoms with Crippen LogP contribution >= 0.6 is 23.2 Å². The van der Waals surface area contributed by atoms with E-state index in [1.807, 2.05) is 13.8 Å². The lowest BCUT2D eigenvalue weighted by atomic mass is 10.1. The number of hydrogen-bond acceptors (Lipinski definition) is 5. The lowest BCUT2D eigenvalue weighted by Gasteiger charge is -2.32. The van der Waals surface area contributed by atoms with Crippen LogP contribution in [0.1, 0.15) is 26.3 Å². The molecule has 1 N–H and O–H groups in total. The van der Waals surface area contributed by atoms with Crippen LogP contribution in [-0.4, -0.2) is 57.6 Å². The topological polar surface area (TPSA) is 96.0 Å². The van der Waals surface area contributed by atoms with Gasteiger partial charge in [0.15, 0.2) is 0 Å². The predicted octanol–water partition coefficient (Wildman–Crippen LogP) is 3.96. The number of methoxy groups -OCH3 is 1. The highest BCUT2D eigenvalue weighted by atomic mass is 35.5. The van der Waals surface area contributed by atoms with Crippen LogP contribution in [0.2, 0.25) is 10.0 Å². The minimum Gasteiger partial charge on any atom is -0.497 e. The third-order valence-electron chi connectivity index (χ3n) is 5.19. The summed E-state index contributed by atoms with van der Waals surface area (Å²) in [7, 11) is -2.38. The summed E-state index contributed by atoms with van der Waals surface area (Å²) in [6, 6.07) is 10.6. The van der Waals surface area contributed by atoms with Crippen molar-refractivity contribution in [2.75, 3.05) is 30.8 Å². The molecule has 0 heterocycles. The maximum absolute atomic E-state index is 13.5. The smallest absolute Gasteiger partial charge is 0.244 e. The van der Waals surface area contributed by atoms with Crippen LogP contribution in [0.25, 0.3) is 0 Å². The van der Waals surface area contributed by atoms with Gasteiger partial charge in [-0.05, 0) is 48.7 Å². The second kappa shape index (κ2) is 12.5. The molecule has 0 radical (unpaired) electrons. The number of carbonyl (C=O) groups is 2. The van der Waals surface area contributed by atoms with Gasteiger partial charge in [0.1, 0.15) is 18.3 Å². The van der Waals surface area contributed by atoms with Crippen molar-refractivity contribution in [1.29, 1.82) is 0 Å². The fourth-order valence-corrected chi connectivity index (χ4v) is 4.56. The summed E-state index contributed by atoms with van der Waals surface area (Å²) < 4.78 is 31.4. The molecule has 0 unspecified atom stereocenters. The summed E-state index contributed by atoms with van der Waals surface area (Å²) in [6.07, 6.45) is 0.975. The fourth-order valence-electron chi connectivity index (χ4n) is 3.27. The molecule has 0 aliphatic carbocycles. The Labute approximate surface area is 217 Å². The van der Waals surface area contributed by atoms with Crippen molar-refractivity contribution < 1.29 is 22.7 Å². The number of hydrogen-bond donors (Lipinski definition) is 1. The quantitative estimate of drug-likeness (QED) is 0.462. The van der Waals surface area contributed by atoms with Crippen molar-refractivity contribution in [2.45, 2.75) is 33.4 Å². The number of halogens is 2. The summed E-state index contributed by atoms with van der Waals surface area (Å²) in [4.78, 5) is 27.7. The number of anilines is 1. The van der Waals surface area contributed by atoms with Gasteiger partial charge in [0.25, 0.3) is 0 Å². The Balaban J connectivity index is 2.43. The van der Waals surface area contributed by atoms with E-state index in [-0.39, 0.29) is 34.1 Å². The molecular formula is C24H31Cl2N3O5S. The van der Waals surface area contributed by atoms with Crippen LogP contribution < -0.4 is 14.4 Å². The van der Waals surface area contributed by atoms with Gasteiger partial charge >= 0.3 is 0 Å². The molecule has 0 fully saturated rings. The molecule has 0 saturated heterocycles. The minimum absolute atomic E-state index is 0.0627. The van der Waals surface area contributed by atoms with E-state index in [0.717, 1.165) is 10.6 Å². The van der Waals surface area contributed by atoms with Gasteiger partial charge in [0.05, 0.1) is 24.1 Å². The average molecular weight is 545 g/mol. The summed E-state index contributed by atoms with van der Waals surface area (Å²) in [5, 5.41) is 3.21. The fraction of sp³-hybridized carbons (Fsp3) is 0.417. The highest BCUT2D eigenvalue weighted by molar-refractivity contribution is 7.92. The summed E-state index contributed by atoms with van der Waals surface area (Å²) in [5.41, 5.74) is 0.793. The summed E-state index contributed by atoms with van der Waals surface area (Å²) in [6.45, 7) is 5.46. The van der Waals surface area contributed by atoms with Gasteiger partial charge in [-0.15, -0.1) is 0 Å². The first kappa shape index (κ1) is 28.7. The van der Waals surface area contributed by atoms with Crippen LogP contribution in [-0.2, 0) is 26.2 Å². The lowest BCUT2D eigenvalue weighted by molar-refractivity contribution is -0.139. The van der Waals surface area contributed by atoms with Crippen molar-refractivity contribution in [3.63, 3.8) is 0 Å². The largest absolute Gasteiger partial charge is 0.497 e. The molecule has 0 aliphatic rings. The minimum atomic E-state index is -3.91. The second-order valence-corrected chi connectivity index (χ2v) is 11.3. The second-order valence-electron chi connectivity index (χ2n) is 8.55. The van der Waals surface area contributed by atoms with E-state index >= 15 is 0 Å². The van der Waals surface area contributed by atoms with Crippen molar-refractivity contribution in [1.82, 2.24) is 10.2 Å². The molecule has 11 heteroatoms. The lowest BCUT2D eigenvalue weighted by Crippen LogP contribution is -2.51. The Kier molecular flexibility index (Phi) is 10.2. The zero-order valence-corrected chi connectivity index (χ0v) is 22.7. The number of carbonyl (C=O) groups excluding carboxylic acids is 2. The Bertz CT molecular complexity index is 1160. The maximum atomic E-state index is 13.5. The molecule has 0 saturated carbocycles. The number of sulfonamides is 1. The molecule has 0 bridgehead atoms. The SMILES string of the molecule is COc1cccc(CN(C(=O)CN(c2cc(Cl)ccc2Cl)S(C)(=O)=O)[C@H](C)C(=O)NCC(C)C)c1. The van der Waals surface area contributed by atoms with Crippen LogP contribution in [0, 0.1) is 5.92 Å². The molecule has 2 amide bonds. The van der Waals surface area contributed by atoms with E-state index in [4.69, 9.17) is 27.9 Å². The normalized spacial score (nSPS) is 12.2. The average Bonchev–Trinajstić information content (AvgIpc) is 2.79. The van der Waals surface area contributed by atoms with Gasteiger partial charge in [0.2, 0.25) is 21.8 Å². The molecule has 1 atom stereocenters. The molecule has 2 rings (SSSR count). The molecule has 8 nitrogen and oxygen atoms in total. The van der Waals surface area contributed by atoms with E-state index in [9.17, 15) is 18.0 Å². The Morgan fingerprint density at radius 3 is 2.37 bits per heavy atom. The van der Waals surface area contributed by atoms with Gasteiger partial charge in [-0.25, -0.2) is 8.42 Å². The molecular weight excluding hydrogens is 513 g/mol. The number of nitrogens with zero attached hydrogens (tertiary/aromatic N) is 2. The zero-order chi connectivity index (χ0) is 26.3. The first-order valence-electron chi connectivity index (χ1n) is 11.0. The Morgan fingerprint density at radius 1 is 1.09 bits per heavy atom. The van der Waals surface area contributed by atoms with E-state index in [2.05, 4.69) is 5.32 Å². The van der Waals surface area contributed by atoms with Gasteiger partial charge in [-0.3, -0.25) is 13.9 Å². The van der Waals surface area contributed by atoms with E-state index < -0.39 is 28.5 Å². The summed E-state index contributed by atoms with van der Waals surface area (Å²) in [5.74, 6) is -0.113. The van der Waals surface area contributed by atoms with Crippen LogP contribution in [0.3, 0.4) is 0 Å². The highest BCUT2D eigenvalue weighted by Crippen LogP contribution is 2.31. The van der Waals surface area contributed by atoms with Crippen molar-refractivity contribution >= 4 is 50.7 Å².